The number of carbonyl (C=O) groups is 1. The summed E-state index contributed by atoms with van der Waals surface area (Å²) in [4.78, 5) is 14.6. The zero-order valence-electron chi connectivity index (χ0n) is 18.0. The highest BCUT2D eigenvalue weighted by atomic mass is 16.5. The van der Waals surface area contributed by atoms with Gasteiger partial charge in [-0.1, -0.05) is 6.07 Å². The highest BCUT2D eigenvalue weighted by Crippen LogP contribution is 2.31. The predicted octanol–water partition coefficient (Wildman–Crippen LogP) is 3.61. The van der Waals surface area contributed by atoms with Gasteiger partial charge in [-0.05, 0) is 50.3 Å². The maximum atomic E-state index is 12.1. The van der Waals surface area contributed by atoms with Crippen LogP contribution in [-0.2, 0) is 22.7 Å². The molecule has 1 aliphatic carbocycles. The maximum absolute atomic E-state index is 12.1. The van der Waals surface area contributed by atoms with Crippen LogP contribution in [0.25, 0.3) is 0 Å². The van der Waals surface area contributed by atoms with E-state index in [9.17, 15) is 4.79 Å². The van der Waals surface area contributed by atoms with Gasteiger partial charge in [0.15, 0.2) is 0 Å². The predicted molar refractivity (Wildman–Crippen MR) is 115 cm³/mol. The van der Waals surface area contributed by atoms with Crippen LogP contribution in [0.4, 0.5) is 5.82 Å². The number of amides is 1. The molecule has 1 N–H and O–H groups in total. The molecule has 1 saturated heterocycles. The number of ether oxygens (including phenoxy) is 2. The third kappa shape index (κ3) is 5.02. The van der Waals surface area contributed by atoms with Gasteiger partial charge in [-0.3, -0.25) is 9.69 Å². The number of benzene rings is 1. The lowest BCUT2D eigenvalue weighted by Crippen LogP contribution is -2.35. The van der Waals surface area contributed by atoms with Crippen LogP contribution >= 0.6 is 0 Å². The van der Waals surface area contributed by atoms with E-state index < -0.39 is 0 Å². The Morgan fingerprint density at radius 2 is 2.00 bits per heavy atom. The summed E-state index contributed by atoms with van der Waals surface area (Å²) in [6, 6.07) is 8.60. The topological polar surface area (TPSA) is 68.6 Å². The Balaban J connectivity index is 1.33. The molecule has 0 spiro atoms. The van der Waals surface area contributed by atoms with E-state index in [1.807, 2.05) is 23.7 Å². The van der Waals surface area contributed by atoms with Crippen LogP contribution in [0.5, 0.6) is 5.75 Å². The van der Waals surface area contributed by atoms with E-state index in [1.165, 1.54) is 5.56 Å². The zero-order valence-corrected chi connectivity index (χ0v) is 18.0. The first kappa shape index (κ1) is 20.9. The standard InChI is InChI=1S/C23H32N4O3/c1-3-30-16-19-14-17(4-7-21(19)29-2)15-26-12-9-20(10-13-26)27-22(8-11-24-27)25-23(28)18-5-6-18/h4,7-8,11,14,18,20H,3,5-6,9-10,12-13,15-16H2,1-2H3,(H,25,28). The molecule has 0 radical (unpaired) electrons. The van der Waals surface area contributed by atoms with Crippen molar-refractivity contribution in [2.24, 2.45) is 5.92 Å². The van der Waals surface area contributed by atoms with Gasteiger partial charge in [-0.15, -0.1) is 0 Å². The van der Waals surface area contributed by atoms with E-state index in [1.54, 1.807) is 13.3 Å². The summed E-state index contributed by atoms with van der Waals surface area (Å²) in [5.74, 6) is 2.05. The van der Waals surface area contributed by atoms with Crippen LogP contribution < -0.4 is 10.1 Å². The molecule has 1 aromatic carbocycles. The molecule has 2 aliphatic rings. The Morgan fingerprint density at radius 3 is 2.70 bits per heavy atom. The van der Waals surface area contributed by atoms with Crippen LogP contribution in [0.3, 0.4) is 0 Å². The Labute approximate surface area is 178 Å². The fourth-order valence-electron chi connectivity index (χ4n) is 4.11. The van der Waals surface area contributed by atoms with Crippen LogP contribution in [0.2, 0.25) is 0 Å². The smallest absolute Gasteiger partial charge is 0.228 e. The average molecular weight is 413 g/mol. The van der Waals surface area contributed by atoms with Gasteiger partial charge >= 0.3 is 0 Å². The van der Waals surface area contributed by atoms with Gasteiger partial charge < -0.3 is 14.8 Å². The highest BCUT2D eigenvalue weighted by molar-refractivity contribution is 5.93. The largest absolute Gasteiger partial charge is 0.496 e. The molecule has 1 saturated carbocycles. The molecule has 30 heavy (non-hydrogen) atoms. The van der Waals surface area contributed by atoms with Gasteiger partial charge in [0.2, 0.25) is 5.91 Å². The van der Waals surface area contributed by atoms with Crippen molar-refractivity contribution in [2.75, 3.05) is 32.1 Å². The van der Waals surface area contributed by atoms with Crippen molar-refractivity contribution in [1.29, 1.82) is 0 Å². The molecule has 0 unspecified atom stereocenters. The van der Waals surface area contributed by atoms with Gasteiger partial charge in [0, 0.05) is 43.8 Å². The van der Waals surface area contributed by atoms with Gasteiger partial charge in [-0.25, -0.2) is 4.68 Å². The van der Waals surface area contributed by atoms with Crippen molar-refractivity contribution >= 4 is 11.7 Å². The molecular formula is C23H32N4O3. The molecule has 1 amide bonds. The first-order valence-corrected chi connectivity index (χ1v) is 11.0. The van der Waals surface area contributed by atoms with Gasteiger partial charge in [0.05, 0.1) is 26.0 Å². The number of methoxy groups -OCH3 is 1. The average Bonchev–Trinajstić information content (AvgIpc) is 3.53. The highest BCUT2D eigenvalue weighted by Gasteiger charge is 2.31. The number of piperidine rings is 1. The van der Waals surface area contributed by atoms with E-state index in [-0.39, 0.29) is 11.8 Å². The van der Waals surface area contributed by atoms with Crippen molar-refractivity contribution in [3.63, 3.8) is 0 Å². The summed E-state index contributed by atoms with van der Waals surface area (Å²) < 4.78 is 13.1. The summed E-state index contributed by atoms with van der Waals surface area (Å²) in [6.45, 7) is 6.20. The number of hydrogen-bond donors (Lipinski definition) is 1. The molecule has 2 aromatic rings. The second-order valence-electron chi connectivity index (χ2n) is 8.22. The molecule has 2 heterocycles. The van der Waals surface area contributed by atoms with E-state index in [0.717, 1.165) is 62.4 Å². The van der Waals surface area contributed by atoms with Crippen LogP contribution in [0.1, 0.15) is 49.8 Å². The van der Waals surface area contributed by atoms with Crippen LogP contribution in [0, 0.1) is 5.92 Å². The third-order valence-corrected chi connectivity index (χ3v) is 5.99. The van der Waals surface area contributed by atoms with Crippen LogP contribution in [0.15, 0.2) is 30.5 Å². The number of hydrogen-bond acceptors (Lipinski definition) is 5. The second kappa shape index (κ2) is 9.62. The van der Waals surface area contributed by atoms with Gasteiger partial charge in [0.25, 0.3) is 0 Å². The molecular weight excluding hydrogens is 380 g/mol. The summed E-state index contributed by atoms with van der Waals surface area (Å²) in [6.07, 6.45) is 5.85. The van der Waals surface area contributed by atoms with Gasteiger partial charge in [-0.2, -0.15) is 5.10 Å². The molecule has 1 aromatic heterocycles. The van der Waals surface area contributed by atoms with E-state index in [4.69, 9.17) is 9.47 Å². The number of nitrogens with zero attached hydrogens (tertiary/aromatic N) is 3. The maximum Gasteiger partial charge on any atom is 0.228 e. The SMILES string of the molecule is CCOCc1cc(CN2CCC(n3nccc3NC(=O)C3CC3)CC2)ccc1OC. The molecule has 0 bridgehead atoms. The van der Waals surface area contributed by atoms with E-state index >= 15 is 0 Å². The summed E-state index contributed by atoms with van der Waals surface area (Å²) in [7, 11) is 1.70. The minimum absolute atomic E-state index is 0.136. The van der Waals surface area contributed by atoms with Crippen molar-refractivity contribution < 1.29 is 14.3 Å². The normalized spacial score (nSPS) is 17.8. The number of carbonyl (C=O) groups excluding carboxylic acids is 1. The Kier molecular flexibility index (Phi) is 6.69. The first-order chi connectivity index (χ1) is 14.7. The molecule has 0 atom stereocenters. The van der Waals surface area contributed by atoms with Gasteiger partial charge in [0.1, 0.15) is 11.6 Å². The molecule has 1 aliphatic heterocycles. The van der Waals surface area contributed by atoms with Crippen molar-refractivity contribution in [3.05, 3.63) is 41.6 Å². The molecule has 7 nitrogen and oxygen atoms in total. The fraction of sp³-hybridized carbons (Fsp3) is 0.565. The fourth-order valence-corrected chi connectivity index (χ4v) is 4.11. The number of rotatable bonds is 9. The minimum Gasteiger partial charge on any atom is -0.496 e. The summed E-state index contributed by atoms with van der Waals surface area (Å²) in [5.41, 5.74) is 2.37. The van der Waals surface area contributed by atoms with Crippen molar-refractivity contribution in [3.8, 4) is 5.75 Å². The Morgan fingerprint density at radius 1 is 1.20 bits per heavy atom. The number of nitrogens with one attached hydrogen (secondary N) is 1. The van der Waals surface area contributed by atoms with E-state index in [0.29, 0.717) is 19.3 Å². The lowest BCUT2D eigenvalue weighted by Gasteiger charge is -2.32. The second-order valence-corrected chi connectivity index (χ2v) is 8.22. The molecule has 4 rings (SSSR count). The molecule has 7 heteroatoms. The lowest BCUT2D eigenvalue weighted by molar-refractivity contribution is -0.117. The van der Waals surface area contributed by atoms with Crippen molar-refractivity contribution in [1.82, 2.24) is 14.7 Å². The monoisotopic (exact) mass is 412 g/mol. The number of anilines is 1. The first-order valence-electron chi connectivity index (χ1n) is 11.0. The number of aromatic nitrogens is 2. The minimum atomic E-state index is 0.136. The molecule has 162 valence electrons. The third-order valence-electron chi connectivity index (χ3n) is 5.99. The molecule has 2 fully saturated rings. The summed E-state index contributed by atoms with van der Waals surface area (Å²) in [5, 5.41) is 7.56. The van der Waals surface area contributed by atoms with Crippen molar-refractivity contribution in [2.45, 2.75) is 51.8 Å². The van der Waals surface area contributed by atoms with E-state index in [2.05, 4.69) is 27.4 Å². The Hall–Kier alpha value is -2.38. The quantitative estimate of drug-likeness (QED) is 0.681. The zero-order chi connectivity index (χ0) is 20.9. The number of likely N-dealkylation sites (tertiary alicyclic amines) is 1. The Bertz CT molecular complexity index is 854. The summed E-state index contributed by atoms with van der Waals surface area (Å²) >= 11 is 0. The lowest BCUT2D eigenvalue weighted by atomic mass is 10.0. The van der Waals surface area contributed by atoms with Crippen LogP contribution in [-0.4, -0.2) is 47.4 Å².